The highest BCUT2D eigenvalue weighted by atomic mass is 32.2. The van der Waals surface area contributed by atoms with Crippen LogP contribution in [0.2, 0.25) is 0 Å². The first-order chi connectivity index (χ1) is 14.8. The Morgan fingerprint density at radius 3 is 2.42 bits per heavy atom. The predicted octanol–water partition coefficient (Wildman–Crippen LogP) is 3.33. The molecule has 3 aromatic carbocycles. The van der Waals surface area contributed by atoms with Gasteiger partial charge in [-0.1, -0.05) is 42.5 Å². The number of hydrogen-bond donors (Lipinski definition) is 1. The number of carbonyl (C=O) groups is 1. The van der Waals surface area contributed by atoms with Gasteiger partial charge in [0.15, 0.2) is 0 Å². The van der Waals surface area contributed by atoms with Gasteiger partial charge in [-0.15, -0.1) is 0 Å². The van der Waals surface area contributed by atoms with Gasteiger partial charge in [0.05, 0.1) is 26.2 Å². The lowest BCUT2D eigenvalue weighted by Gasteiger charge is -2.29. The summed E-state index contributed by atoms with van der Waals surface area (Å²) < 4.78 is 36.9. The van der Waals surface area contributed by atoms with E-state index in [1.165, 1.54) is 20.3 Å². The van der Waals surface area contributed by atoms with E-state index in [9.17, 15) is 13.2 Å². The number of nitrogens with one attached hydrogen (secondary N) is 1. The standard InChI is InChI=1S/C23H26N2O5S/c1-16(23(26)24-15-18-10-7-9-17-8-5-6-11-20(17)18)25(31(4,27)28)21-14-19(29-2)12-13-22(21)30-3/h5-14,16H,15H2,1-4H3,(H,24,26)/t16-/m1/s1. The minimum Gasteiger partial charge on any atom is -0.497 e. The fraction of sp³-hybridized carbons (Fsp3) is 0.261. The Morgan fingerprint density at radius 1 is 1.03 bits per heavy atom. The molecule has 0 unspecified atom stereocenters. The van der Waals surface area contributed by atoms with E-state index in [0.717, 1.165) is 26.9 Å². The van der Waals surface area contributed by atoms with Crippen molar-refractivity contribution in [2.75, 3.05) is 24.8 Å². The largest absolute Gasteiger partial charge is 0.497 e. The average Bonchev–Trinajstić information content (AvgIpc) is 2.76. The van der Waals surface area contributed by atoms with Crippen LogP contribution in [0.1, 0.15) is 12.5 Å². The zero-order valence-corrected chi connectivity index (χ0v) is 18.8. The molecule has 0 heterocycles. The first kappa shape index (κ1) is 22.4. The van der Waals surface area contributed by atoms with E-state index in [0.29, 0.717) is 11.5 Å². The van der Waals surface area contributed by atoms with Crippen molar-refractivity contribution in [3.05, 3.63) is 66.2 Å². The van der Waals surface area contributed by atoms with E-state index < -0.39 is 22.0 Å². The lowest BCUT2D eigenvalue weighted by molar-refractivity contribution is -0.122. The Kier molecular flexibility index (Phi) is 6.70. The maximum atomic E-state index is 13.0. The van der Waals surface area contributed by atoms with E-state index in [2.05, 4.69) is 5.32 Å². The lowest BCUT2D eigenvalue weighted by atomic mass is 10.0. The van der Waals surface area contributed by atoms with Crippen molar-refractivity contribution in [2.45, 2.75) is 19.5 Å². The van der Waals surface area contributed by atoms with Gasteiger partial charge >= 0.3 is 0 Å². The van der Waals surface area contributed by atoms with Crippen LogP contribution in [0.25, 0.3) is 10.8 Å². The zero-order chi connectivity index (χ0) is 22.6. The van der Waals surface area contributed by atoms with Crippen molar-refractivity contribution >= 4 is 32.4 Å². The molecule has 0 spiro atoms. The summed E-state index contributed by atoms with van der Waals surface area (Å²) in [4.78, 5) is 13.0. The second-order valence-corrected chi connectivity index (χ2v) is 8.99. The van der Waals surface area contributed by atoms with Gasteiger partial charge in [0.2, 0.25) is 15.9 Å². The number of nitrogens with zero attached hydrogens (tertiary/aromatic N) is 1. The van der Waals surface area contributed by atoms with Gasteiger partial charge in [-0.2, -0.15) is 0 Å². The third-order valence-electron chi connectivity index (χ3n) is 5.04. The van der Waals surface area contributed by atoms with Crippen molar-refractivity contribution in [3.8, 4) is 11.5 Å². The number of sulfonamides is 1. The number of ether oxygens (including phenoxy) is 2. The van der Waals surface area contributed by atoms with Crippen LogP contribution in [0.5, 0.6) is 11.5 Å². The van der Waals surface area contributed by atoms with E-state index in [4.69, 9.17) is 9.47 Å². The summed E-state index contributed by atoms with van der Waals surface area (Å²) in [6.45, 7) is 1.82. The van der Waals surface area contributed by atoms with E-state index in [-0.39, 0.29) is 12.2 Å². The normalized spacial score (nSPS) is 12.3. The first-order valence-corrected chi connectivity index (χ1v) is 11.6. The van der Waals surface area contributed by atoms with Crippen LogP contribution in [-0.2, 0) is 21.4 Å². The topological polar surface area (TPSA) is 84.9 Å². The molecule has 3 rings (SSSR count). The SMILES string of the molecule is COc1ccc(OC)c(N([C@H](C)C(=O)NCc2cccc3ccccc23)S(C)(=O)=O)c1. The van der Waals surface area contributed by atoms with Crippen LogP contribution in [-0.4, -0.2) is 40.8 Å². The van der Waals surface area contributed by atoms with Crippen molar-refractivity contribution in [1.82, 2.24) is 5.32 Å². The van der Waals surface area contributed by atoms with Gasteiger partial charge < -0.3 is 14.8 Å². The highest BCUT2D eigenvalue weighted by molar-refractivity contribution is 7.92. The Bertz CT molecular complexity index is 1190. The summed E-state index contributed by atoms with van der Waals surface area (Å²) in [7, 11) is -0.876. The molecule has 8 heteroatoms. The predicted molar refractivity (Wildman–Crippen MR) is 122 cm³/mol. The molecule has 0 aromatic heterocycles. The Labute approximate surface area is 182 Å². The summed E-state index contributed by atoms with van der Waals surface area (Å²) >= 11 is 0. The van der Waals surface area contributed by atoms with Crippen molar-refractivity contribution in [2.24, 2.45) is 0 Å². The summed E-state index contributed by atoms with van der Waals surface area (Å²) in [6.07, 6.45) is 1.06. The average molecular weight is 443 g/mol. The zero-order valence-electron chi connectivity index (χ0n) is 18.0. The molecule has 0 aliphatic heterocycles. The molecule has 0 fully saturated rings. The smallest absolute Gasteiger partial charge is 0.243 e. The van der Waals surface area contributed by atoms with Crippen LogP contribution in [0.15, 0.2) is 60.7 Å². The lowest BCUT2D eigenvalue weighted by Crippen LogP contribution is -2.47. The molecule has 0 bridgehead atoms. The van der Waals surface area contributed by atoms with Gasteiger partial charge in [-0.3, -0.25) is 9.10 Å². The third-order valence-corrected chi connectivity index (χ3v) is 6.27. The van der Waals surface area contributed by atoms with Crippen molar-refractivity contribution in [3.63, 3.8) is 0 Å². The number of anilines is 1. The first-order valence-electron chi connectivity index (χ1n) is 9.72. The third kappa shape index (κ3) is 4.91. The highest BCUT2D eigenvalue weighted by Gasteiger charge is 2.31. The molecule has 1 amide bonds. The van der Waals surface area contributed by atoms with Crippen LogP contribution >= 0.6 is 0 Å². The van der Waals surface area contributed by atoms with Crippen molar-refractivity contribution < 1.29 is 22.7 Å². The number of amides is 1. The molecule has 3 aromatic rings. The second kappa shape index (κ2) is 9.26. The summed E-state index contributed by atoms with van der Waals surface area (Å²) in [6, 6.07) is 17.6. The maximum Gasteiger partial charge on any atom is 0.243 e. The quantitative estimate of drug-likeness (QED) is 0.578. The molecule has 1 N–H and O–H groups in total. The Hall–Kier alpha value is -3.26. The number of benzene rings is 3. The summed E-state index contributed by atoms with van der Waals surface area (Å²) in [5.41, 5.74) is 1.18. The highest BCUT2D eigenvalue weighted by Crippen LogP contribution is 2.35. The number of methoxy groups -OCH3 is 2. The van der Waals surface area contributed by atoms with Gasteiger partial charge in [0.1, 0.15) is 17.5 Å². The van der Waals surface area contributed by atoms with Gasteiger partial charge in [-0.05, 0) is 35.4 Å². The minimum absolute atomic E-state index is 0.233. The molecule has 31 heavy (non-hydrogen) atoms. The number of fused-ring (bicyclic) bond motifs is 1. The van der Waals surface area contributed by atoms with Gasteiger partial charge in [0, 0.05) is 12.6 Å². The van der Waals surface area contributed by atoms with Crippen LogP contribution in [0, 0.1) is 0 Å². The van der Waals surface area contributed by atoms with Crippen LogP contribution in [0.3, 0.4) is 0 Å². The molecule has 0 radical (unpaired) electrons. The molecule has 0 aliphatic carbocycles. The summed E-state index contributed by atoms with van der Waals surface area (Å²) in [5.74, 6) is 0.343. The van der Waals surface area contributed by atoms with Gasteiger partial charge in [0.25, 0.3) is 0 Å². The van der Waals surface area contributed by atoms with E-state index >= 15 is 0 Å². The second-order valence-electron chi connectivity index (χ2n) is 7.13. The monoisotopic (exact) mass is 442 g/mol. The fourth-order valence-electron chi connectivity index (χ4n) is 3.53. The van der Waals surface area contributed by atoms with Crippen LogP contribution in [0.4, 0.5) is 5.69 Å². The van der Waals surface area contributed by atoms with E-state index in [1.54, 1.807) is 19.1 Å². The molecular formula is C23H26N2O5S. The summed E-state index contributed by atoms with van der Waals surface area (Å²) in [5, 5.41) is 4.97. The number of hydrogen-bond acceptors (Lipinski definition) is 5. The molecule has 164 valence electrons. The minimum atomic E-state index is -3.80. The van der Waals surface area contributed by atoms with E-state index in [1.807, 2.05) is 42.5 Å². The number of rotatable bonds is 8. The van der Waals surface area contributed by atoms with Crippen molar-refractivity contribution in [1.29, 1.82) is 0 Å². The van der Waals surface area contributed by atoms with Gasteiger partial charge in [-0.25, -0.2) is 8.42 Å². The Morgan fingerprint density at radius 2 is 1.74 bits per heavy atom. The molecule has 0 saturated carbocycles. The molecule has 7 nitrogen and oxygen atoms in total. The molecular weight excluding hydrogens is 416 g/mol. The molecule has 0 saturated heterocycles. The molecule has 1 atom stereocenters. The molecule has 0 aliphatic rings. The Balaban J connectivity index is 1.89. The van der Waals surface area contributed by atoms with Crippen LogP contribution < -0.4 is 19.1 Å². The maximum absolute atomic E-state index is 13.0. The number of carbonyl (C=O) groups excluding carboxylic acids is 1. The fourth-order valence-corrected chi connectivity index (χ4v) is 4.70.